The minimum absolute atomic E-state index is 0.115. The average molecular weight is 297 g/mol. The molecule has 0 unspecified atom stereocenters. The van der Waals surface area contributed by atoms with Crippen LogP contribution in [0.2, 0.25) is 0 Å². The van der Waals surface area contributed by atoms with Gasteiger partial charge < -0.3 is 0 Å². The van der Waals surface area contributed by atoms with Crippen molar-refractivity contribution in [2.45, 2.75) is 0 Å². The first-order chi connectivity index (χ1) is 6.84. The molecule has 1 aliphatic heterocycles. The summed E-state index contributed by atoms with van der Waals surface area (Å²) in [5.41, 5.74) is 2.53. The molecule has 0 atom stereocenters. The van der Waals surface area contributed by atoms with Crippen molar-refractivity contribution in [1.29, 1.82) is 0 Å². The third kappa shape index (κ3) is 1.17. The van der Waals surface area contributed by atoms with Crippen LogP contribution in [-0.2, 0) is 0 Å². The Balaban J connectivity index is 2.27. The topological polar surface area (TPSA) is 0 Å². The predicted octanol–water partition coefficient (Wildman–Crippen LogP) is -0.0655. The SMILES string of the molecule is Fc1ccc2c(c1)[I+]c1ccccc1-2. The summed E-state index contributed by atoms with van der Waals surface area (Å²) in [4.78, 5) is 0. The van der Waals surface area contributed by atoms with Crippen LogP contribution in [0.1, 0.15) is 0 Å². The first-order valence-electron chi connectivity index (χ1n) is 4.38. The highest BCUT2D eigenvalue weighted by atomic mass is 127. The number of hydrogen-bond donors (Lipinski definition) is 0. The molecule has 1 heterocycles. The van der Waals surface area contributed by atoms with Crippen LogP contribution in [0.5, 0.6) is 0 Å². The normalized spacial score (nSPS) is 12.4. The molecule has 0 fully saturated rings. The molecule has 1 aliphatic rings. The standard InChI is InChI=1S/C12H7FI/c13-8-5-6-10-9-3-1-2-4-11(9)14-12(10)7-8/h1-7H/q+1. The summed E-state index contributed by atoms with van der Waals surface area (Å²) >= 11 is -0.154. The molecule has 0 amide bonds. The first-order valence-corrected chi connectivity index (χ1v) is 6.54. The Morgan fingerprint density at radius 1 is 0.857 bits per heavy atom. The van der Waals surface area contributed by atoms with Gasteiger partial charge >= 0.3 is 21.2 Å². The summed E-state index contributed by atoms with van der Waals surface area (Å²) < 4.78 is 15.6. The second-order valence-corrected chi connectivity index (χ2v) is 6.06. The molecule has 0 aliphatic carbocycles. The molecule has 0 nitrogen and oxygen atoms in total. The Kier molecular flexibility index (Phi) is 1.83. The average Bonchev–Trinajstić information content (AvgIpc) is 2.54. The zero-order valence-electron chi connectivity index (χ0n) is 7.30. The van der Waals surface area contributed by atoms with E-state index in [0.717, 1.165) is 0 Å². The van der Waals surface area contributed by atoms with Crippen LogP contribution >= 0.6 is 0 Å². The van der Waals surface area contributed by atoms with Crippen molar-refractivity contribution in [1.82, 2.24) is 0 Å². The maximum absolute atomic E-state index is 13.0. The fraction of sp³-hybridized carbons (Fsp3) is 0. The molecular formula is C12H7FI+. The summed E-state index contributed by atoms with van der Waals surface area (Å²) in [7, 11) is 0. The lowest BCUT2D eigenvalue weighted by molar-refractivity contribution is -0.590. The third-order valence-electron chi connectivity index (χ3n) is 2.30. The summed E-state index contributed by atoms with van der Waals surface area (Å²) in [5.74, 6) is -0.115. The summed E-state index contributed by atoms with van der Waals surface area (Å²) in [6.45, 7) is 0. The van der Waals surface area contributed by atoms with Crippen molar-refractivity contribution in [3.05, 3.63) is 55.4 Å². The summed E-state index contributed by atoms with van der Waals surface area (Å²) in [6, 6.07) is 13.5. The quantitative estimate of drug-likeness (QED) is 0.510. The Hall–Kier alpha value is -0.900. The van der Waals surface area contributed by atoms with Crippen molar-refractivity contribution in [2.24, 2.45) is 0 Å². The van der Waals surface area contributed by atoms with E-state index in [1.807, 2.05) is 12.1 Å². The molecule has 0 N–H and O–H groups in total. The molecule has 14 heavy (non-hydrogen) atoms. The highest BCUT2D eigenvalue weighted by molar-refractivity contribution is 5.64. The molecule has 2 aromatic rings. The maximum atomic E-state index is 13.0. The van der Waals surface area contributed by atoms with Gasteiger partial charge in [-0.15, -0.1) is 0 Å². The summed E-state index contributed by atoms with van der Waals surface area (Å²) in [6.07, 6.45) is 0. The van der Waals surface area contributed by atoms with Gasteiger partial charge in [0.2, 0.25) is 7.14 Å². The van der Waals surface area contributed by atoms with Gasteiger partial charge in [-0.3, -0.25) is 0 Å². The van der Waals surface area contributed by atoms with Crippen LogP contribution in [0.3, 0.4) is 0 Å². The second kappa shape index (κ2) is 3.05. The van der Waals surface area contributed by atoms with Gasteiger partial charge in [-0.2, -0.15) is 0 Å². The Morgan fingerprint density at radius 2 is 1.64 bits per heavy atom. The van der Waals surface area contributed by atoms with Crippen LogP contribution in [0.25, 0.3) is 11.1 Å². The molecule has 2 aromatic carbocycles. The number of benzene rings is 2. The largest absolute Gasteiger partial charge is 0.359 e. The van der Waals surface area contributed by atoms with Crippen LogP contribution in [0.4, 0.5) is 4.39 Å². The van der Waals surface area contributed by atoms with E-state index in [1.54, 1.807) is 12.1 Å². The van der Waals surface area contributed by atoms with Gasteiger partial charge in [-0.05, 0) is 24.3 Å². The third-order valence-corrected chi connectivity index (χ3v) is 5.29. The van der Waals surface area contributed by atoms with E-state index in [4.69, 9.17) is 0 Å². The van der Waals surface area contributed by atoms with Gasteiger partial charge in [0.05, 0.1) is 0 Å². The lowest BCUT2D eigenvalue weighted by atomic mass is 10.1. The van der Waals surface area contributed by atoms with Gasteiger partial charge in [0, 0.05) is 17.2 Å². The van der Waals surface area contributed by atoms with E-state index >= 15 is 0 Å². The first kappa shape index (κ1) is 8.41. The molecule has 2 heteroatoms. The van der Waals surface area contributed by atoms with E-state index in [0.29, 0.717) is 0 Å². The highest BCUT2D eigenvalue weighted by Gasteiger charge is 2.32. The van der Waals surface area contributed by atoms with E-state index in [9.17, 15) is 4.39 Å². The second-order valence-electron chi connectivity index (χ2n) is 3.20. The Labute approximate surface area is 92.0 Å². The number of fused-ring (bicyclic) bond motifs is 3. The minimum Gasteiger partial charge on any atom is -0.207 e. The molecule has 0 saturated heterocycles. The molecule has 3 rings (SSSR count). The smallest absolute Gasteiger partial charge is 0.207 e. The van der Waals surface area contributed by atoms with Gasteiger partial charge in [-0.25, -0.2) is 4.39 Å². The van der Waals surface area contributed by atoms with Crippen LogP contribution < -0.4 is 21.2 Å². The zero-order valence-corrected chi connectivity index (χ0v) is 9.45. The number of halogens is 2. The molecule has 0 saturated carbocycles. The van der Waals surface area contributed by atoms with Crippen LogP contribution in [0, 0.1) is 13.0 Å². The van der Waals surface area contributed by atoms with Crippen LogP contribution in [-0.4, -0.2) is 0 Å². The zero-order chi connectivity index (χ0) is 9.54. The van der Waals surface area contributed by atoms with Crippen molar-refractivity contribution in [3.63, 3.8) is 0 Å². The summed E-state index contributed by atoms with van der Waals surface area (Å²) in [5, 5.41) is 0. The molecule has 0 spiro atoms. The van der Waals surface area contributed by atoms with Crippen molar-refractivity contribution >= 4 is 0 Å². The maximum Gasteiger partial charge on any atom is 0.359 e. The lowest BCUT2D eigenvalue weighted by Gasteiger charge is -1.92. The fourth-order valence-electron chi connectivity index (χ4n) is 1.66. The molecule has 68 valence electrons. The predicted molar refractivity (Wildman–Crippen MR) is 49.2 cm³/mol. The van der Waals surface area contributed by atoms with Crippen LogP contribution in [0.15, 0.2) is 42.5 Å². The number of hydrogen-bond acceptors (Lipinski definition) is 0. The molecule has 0 bridgehead atoms. The lowest BCUT2D eigenvalue weighted by Crippen LogP contribution is -3.61. The van der Waals surface area contributed by atoms with E-state index in [1.165, 1.54) is 18.3 Å². The molecular weight excluding hydrogens is 290 g/mol. The minimum atomic E-state index is -0.154. The van der Waals surface area contributed by atoms with Crippen molar-refractivity contribution in [3.8, 4) is 11.1 Å². The van der Waals surface area contributed by atoms with Crippen molar-refractivity contribution in [2.75, 3.05) is 0 Å². The molecule has 0 radical (unpaired) electrons. The van der Waals surface area contributed by atoms with E-state index in [-0.39, 0.29) is 27.0 Å². The van der Waals surface area contributed by atoms with Gasteiger partial charge in [0.25, 0.3) is 0 Å². The molecule has 0 aromatic heterocycles. The van der Waals surface area contributed by atoms with Gasteiger partial charge in [0.15, 0.2) is 0 Å². The Morgan fingerprint density at radius 3 is 2.57 bits per heavy atom. The monoisotopic (exact) mass is 297 g/mol. The Bertz CT molecular complexity index is 505. The van der Waals surface area contributed by atoms with Gasteiger partial charge in [0.1, 0.15) is 5.82 Å². The number of rotatable bonds is 0. The van der Waals surface area contributed by atoms with Crippen molar-refractivity contribution < 1.29 is 25.6 Å². The van der Waals surface area contributed by atoms with E-state index < -0.39 is 0 Å². The fourth-order valence-corrected chi connectivity index (χ4v) is 4.65. The highest BCUT2D eigenvalue weighted by Crippen LogP contribution is 2.22. The van der Waals surface area contributed by atoms with Gasteiger partial charge in [-0.1, -0.05) is 12.1 Å². The van der Waals surface area contributed by atoms with E-state index in [2.05, 4.69) is 18.2 Å².